The normalized spacial score (nSPS) is 10.4. The van der Waals surface area contributed by atoms with Gasteiger partial charge in [-0.05, 0) is 0 Å². The Hall–Kier alpha value is -1.65. The average Bonchev–Trinajstić information content (AvgIpc) is 2.33. The summed E-state index contributed by atoms with van der Waals surface area (Å²) in [4.78, 5) is 0. The number of hydrogen-bond donors (Lipinski definition) is 1. The summed E-state index contributed by atoms with van der Waals surface area (Å²) in [7, 11) is 0. The van der Waals surface area contributed by atoms with E-state index in [1.165, 1.54) is 6.33 Å². The first-order valence-electron chi connectivity index (χ1n) is 2.78. The highest BCUT2D eigenvalue weighted by Crippen LogP contribution is 2.00. The lowest BCUT2D eigenvalue weighted by Crippen LogP contribution is -1.92. The third kappa shape index (κ3) is 0.604. The van der Waals surface area contributed by atoms with Crippen molar-refractivity contribution in [3.8, 4) is 0 Å². The number of aromatic nitrogens is 4. The zero-order chi connectivity index (χ0) is 6.97. The number of rotatable bonds is 0. The smallest absolute Gasteiger partial charge is 0.179 e. The van der Waals surface area contributed by atoms with E-state index < -0.39 is 0 Å². The Morgan fingerprint density at radius 1 is 1.50 bits per heavy atom. The molecule has 0 spiro atoms. The van der Waals surface area contributed by atoms with Gasteiger partial charge in [0.05, 0.1) is 11.9 Å². The highest BCUT2D eigenvalue weighted by atomic mass is 15.3. The van der Waals surface area contributed by atoms with Crippen LogP contribution in [-0.4, -0.2) is 19.8 Å². The van der Waals surface area contributed by atoms with E-state index in [4.69, 9.17) is 5.73 Å². The Labute approximate surface area is 56.5 Å². The van der Waals surface area contributed by atoms with Crippen LogP contribution in [0.15, 0.2) is 18.6 Å². The second-order valence-corrected chi connectivity index (χ2v) is 1.92. The Kier molecular flexibility index (Phi) is 0.858. The van der Waals surface area contributed by atoms with E-state index in [9.17, 15) is 0 Å². The van der Waals surface area contributed by atoms with Gasteiger partial charge in [0.25, 0.3) is 0 Å². The molecule has 0 fully saturated rings. The molecule has 2 aromatic heterocycles. The van der Waals surface area contributed by atoms with Crippen LogP contribution in [-0.2, 0) is 0 Å². The number of hydrogen-bond acceptors (Lipinski definition) is 4. The van der Waals surface area contributed by atoms with Gasteiger partial charge in [0.15, 0.2) is 5.65 Å². The molecule has 2 rings (SSSR count). The van der Waals surface area contributed by atoms with Gasteiger partial charge in [-0.2, -0.15) is 5.10 Å². The number of anilines is 1. The summed E-state index contributed by atoms with van der Waals surface area (Å²) in [6.07, 6.45) is 3.07. The van der Waals surface area contributed by atoms with Crippen molar-refractivity contribution in [2.24, 2.45) is 0 Å². The first-order valence-corrected chi connectivity index (χ1v) is 2.78. The predicted octanol–water partition coefficient (Wildman–Crippen LogP) is -0.294. The lowest BCUT2D eigenvalue weighted by molar-refractivity contribution is 0.928. The number of nitrogens with zero attached hydrogens (tertiary/aromatic N) is 4. The Morgan fingerprint density at radius 2 is 2.40 bits per heavy atom. The quantitative estimate of drug-likeness (QED) is 0.538. The number of fused-ring (bicyclic) bond motifs is 1. The maximum atomic E-state index is 5.44. The number of nitrogens with two attached hydrogens (primary N) is 1. The standard InChI is InChI=1S/C5H5N5/c6-4-1-5-9-7-3-10(5)8-2-4/h1-3H,6H2. The van der Waals surface area contributed by atoms with Crippen LogP contribution in [0.2, 0.25) is 0 Å². The minimum absolute atomic E-state index is 0.598. The summed E-state index contributed by atoms with van der Waals surface area (Å²) < 4.78 is 1.55. The van der Waals surface area contributed by atoms with Gasteiger partial charge in [-0.1, -0.05) is 0 Å². The van der Waals surface area contributed by atoms with Crippen LogP contribution in [0.25, 0.3) is 5.65 Å². The second-order valence-electron chi connectivity index (χ2n) is 1.92. The molecule has 0 atom stereocenters. The third-order valence-corrected chi connectivity index (χ3v) is 1.18. The minimum Gasteiger partial charge on any atom is -0.397 e. The molecule has 2 heterocycles. The fourth-order valence-corrected chi connectivity index (χ4v) is 0.738. The Balaban J connectivity index is 2.86. The number of nitrogen functional groups attached to an aromatic ring is 1. The van der Waals surface area contributed by atoms with Crippen LogP contribution in [0.3, 0.4) is 0 Å². The lowest BCUT2D eigenvalue weighted by atomic mass is 10.5. The van der Waals surface area contributed by atoms with Crippen molar-refractivity contribution in [2.75, 3.05) is 5.73 Å². The largest absolute Gasteiger partial charge is 0.397 e. The zero-order valence-electron chi connectivity index (χ0n) is 5.10. The first-order chi connectivity index (χ1) is 4.86. The van der Waals surface area contributed by atoms with Crippen molar-refractivity contribution in [1.29, 1.82) is 0 Å². The van der Waals surface area contributed by atoms with Crippen LogP contribution < -0.4 is 5.73 Å². The van der Waals surface area contributed by atoms with Gasteiger partial charge < -0.3 is 5.73 Å². The Bertz CT molecular complexity index is 352. The van der Waals surface area contributed by atoms with E-state index in [0.717, 1.165) is 0 Å². The maximum absolute atomic E-state index is 5.44. The van der Waals surface area contributed by atoms with E-state index in [1.807, 2.05) is 0 Å². The molecule has 10 heavy (non-hydrogen) atoms. The molecule has 0 aliphatic rings. The van der Waals surface area contributed by atoms with E-state index in [-0.39, 0.29) is 0 Å². The molecular formula is C5H5N5. The van der Waals surface area contributed by atoms with Crippen molar-refractivity contribution in [2.45, 2.75) is 0 Å². The molecule has 0 saturated carbocycles. The van der Waals surface area contributed by atoms with E-state index >= 15 is 0 Å². The van der Waals surface area contributed by atoms with Crippen LogP contribution in [0.5, 0.6) is 0 Å². The van der Waals surface area contributed by atoms with E-state index in [1.54, 1.807) is 16.8 Å². The van der Waals surface area contributed by atoms with Crippen molar-refractivity contribution in [3.63, 3.8) is 0 Å². The maximum Gasteiger partial charge on any atom is 0.179 e. The molecule has 2 aromatic rings. The predicted molar refractivity (Wildman–Crippen MR) is 35.2 cm³/mol. The van der Waals surface area contributed by atoms with E-state index in [2.05, 4.69) is 15.3 Å². The van der Waals surface area contributed by atoms with Crippen molar-refractivity contribution in [3.05, 3.63) is 18.6 Å². The van der Waals surface area contributed by atoms with Crippen LogP contribution in [0, 0.1) is 0 Å². The average molecular weight is 135 g/mol. The second kappa shape index (κ2) is 1.66. The molecule has 0 unspecified atom stereocenters. The van der Waals surface area contributed by atoms with Gasteiger partial charge in [0.1, 0.15) is 6.33 Å². The van der Waals surface area contributed by atoms with Crippen LogP contribution in [0.1, 0.15) is 0 Å². The van der Waals surface area contributed by atoms with Gasteiger partial charge in [0.2, 0.25) is 0 Å². The fraction of sp³-hybridized carbons (Fsp3) is 0. The molecule has 2 N–H and O–H groups in total. The monoisotopic (exact) mass is 135 g/mol. The van der Waals surface area contributed by atoms with Gasteiger partial charge in [0, 0.05) is 6.07 Å². The summed E-state index contributed by atoms with van der Waals surface area (Å²) in [5, 5.41) is 11.3. The fourth-order valence-electron chi connectivity index (χ4n) is 0.738. The Morgan fingerprint density at radius 3 is 3.30 bits per heavy atom. The molecule has 0 bridgehead atoms. The molecule has 0 aliphatic heterocycles. The topological polar surface area (TPSA) is 69.1 Å². The van der Waals surface area contributed by atoms with E-state index in [0.29, 0.717) is 11.3 Å². The molecule has 0 radical (unpaired) electrons. The lowest BCUT2D eigenvalue weighted by Gasteiger charge is -1.90. The molecular weight excluding hydrogens is 130 g/mol. The SMILES string of the molecule is Nc1cnn2cnnc2c1. The van der Waals surface area contributed by atoms with Crippen molar-refractivity contribution in [1.82, 2.24) is 19.8 Å². The highest BCUT2D eigenvalue weighted by Gasteiger charge is 1.93. The molecule has 5 nitrogen and oxygen atoms in total. The summed E-state index contributed by atoms with van der Waals surface area (Å²) in [5.74, 6) is 0. The van der Waals surface area contributed by atoms with Crippen LogP contribution >= 0.6 is 0 Å². The summed E-state index contributed by atoms with van der Waals surface area (Å²) in [5.41, 5.74) is 6.70. The summed E-state index contributed by atoms with van der Waals surface area (Å²) in [6.45, 7) is 0. The molecule has 50 valence electrons. The third-order valence-electron chi connectivity index (χ3n) is 1.18. The highest BCUT2D eigenvalue weighted by molar-refractivity contribution is 5.47. The molecule has 0 aromatic carbocycles. The van der Waals surface area contributed by atoms with Gasteiger partial charge in [-0.15, -0.1) is 10.2 Å². The van der Waals surface area contributed by atoms with Gasteiger partial charge in [-0.25, -0.2) is 4.52 Å². The summed E-state index contributed by atoms with van der Waals surface area (Å²) >= 11 is 0. The molecule has 0 saturated heterocycles. The van der Waals surface area contributed by atoms with Crippen LogP contribution in [0.4, 0.5) is 5.69 Å². The first kappa shape index (κ1) is 5.16. The summed E-state index contributed by atoms with van der Waals surface area (Å²) in [6, 6.07) is 1.71. The molecule has 5 heteroatoms. The minimum atomic E-state index is 0.598. The molecule has 0 aliphatic carbocycles. The van der Waals surface area contributed by atoms with Crippen molar-refractivity contribution < 1.29 is 0 Å². The zero-order valence-corrected chi connectivity index (χ0v) is 5.10. The molecule has 0 amide bonds. The van der Waals surface area contributed by atoms with Gasteiger partial charge in [-0.3, -0.25) is 0 Å². The van der Waals surface area contributed by atoms with Gasteiger partial charge >= 0.3 is 0 Å². The van der Waals surface area contributed by atoms with Crippen molar-refractivity contribution >= 4 is 11.3 Å².